The molecule has 4 heteroatoms. The minimum absolute atomic E-state index is 0.00500. The van der Waals surface area contributed by atoms with E-state index < -0.39 is 12.0 Å². The van der Waals surface area contributed by atoms with Crippen LogP contribution in [0.25, 0.3) is 0 Å². The van der Waals surface area contributed by atoms with Gasteiger partial charge in [0, 0.05) is 5.38 Å². The summed E-state index contributed by atoms with van der Waals surface area (Å²) >= 11 is 5.58. The predicted octanol–water partition coefficient (Wildman–Crippen LogP) is 0.806. The average molecular weight is 166 g/mol. The predicted molar refractivity (Wildman–Crippen MR) is 40.2 cm³/mol. The number of aliphatic carboxylic acids is 1. The Bertz CT molecular complexity index is 116. The lowest BCUT2D eigenvalue weighted by Crippen LogP contribution is -2.30. The van der Waals surface area contributed by atoms with Crippen LogP contribution in [0.3, 0.4) is 0 Å². The van der Waals surface area contributed by atoms with E-state index >= 15 is 0 Å². The van der Waals surface area contributed by atoms with Crippen molar-refractivity contribution in [2.24, 2.45) is 5.73 Å². The van der Waals surface area contributed by atoms with Crippen molar-refractivity contribution in [3.8, 4) is 0 Å². The molecule has 0 aromatic heterocycles. The molecule has 0 saturated carbocycles. The summed E-state index contributed by atoms with van der Waals surface area (Å²) in [6.07, 6.45) is 1.09. The summed E-state index contributed by atoms with van der Waals surface area (Å²) in [7, 11) is 0. The van der Waals surface area contributed by atoms with Crippen LogP contribution in [0.2, 0.25) is 0 Å². The highest BCUT2D eigenvalue weighted by Crippen LogP contribution is 2.05. The quantitative estimate of drug-likeness (QED) is 0.606. The lowest BCUT2D eigenvalue weighted by atomic mass is 10.1. The molecule has 0 aliphatic carbocycles. The van der Waals surface area contributed by atoms with Crippen molar-refractivity contribution in [2.45, 2.75) is 31.2 Å². The van der Waals surface area contributed by atoms with Crippen LogP contribution >= 0.6 is 11.6 Å². The molecule has 0 fully saturated rings. The van der Waals surface area contributed by atoms with Gasteiger partial charge in [0.1, 0.15) is 6.04 Å². The highest BCUT2D eigenvalue weighted by molar-refractivity contribution is 6.20. The van der Waals surface area contributed by atoms with Crippen molar-refractivity contribution >= 4 is 17.6 Å². The van der Waals surface area contributed by atoms with Crippen LogP contribution in [0.5, 0.6) is 0 Å². The third-order valence-electron chi connectivity index (χ3n) is 1.19. The van der Waals surface area contributed by atoms with Crippen molar-refractivity contribution < 1.29 is 9.90 Å². The molecule has 2 atom stereocenters. The molecule has 0 aromatic rings. The zero-order chi connectivity index (χ0) is 8.15. The van der Waals surface area contributed by atoms with Crippen LogP contribution in [0.15, 0.2) is 0 Å². The fraction of sp³-hybridized carbons (Fsp3) is 0.833. The summed E-state index contributed by atoms with van der Waals surface area (Å²) < 4.78 is 0. The molecule has 60 valence electrons. The maximum Gasteiger partial charge on any atom is 0.320 e. The average Bonchev–Trinajstić information content (AvgIpc) is 1.82. The Hall–Kier alpha value is -0.280. The largest absolute Gasteiger partial charge is 0.480 e. The van der Waals surface area contributed by atoms with Gasteiger partial charge in [-0.2, -0.15) is 0 Å². The molecule has 0 saturated heterocycles. The first-order valence-corrected chi connectivity index (χ1v) is 3.60. The van der Waals surface area contributed by atoms with Crippen molar-refractivity contribution in [3.63, 3.8) is 0 Å². The van der Waals surface area contributed by atoms with E-state index in [9.17, 15) is 4.79 Å². The molecule has 0 spiro atoms. The second-order valence-corrected chi connectivity index (χ2v) is 3.05. The lowest BCUT2D eigenvalue weighted by Gasteiger charge is -2.05. The number of rotatable bonds is 4. The van der Waals surface area contributed by atoms with E-state index in [2.05, 4.69) is 0 Å². The van der Waals surface area contributed by atoms with Gasteiger partial charge in [0.05, 0.1) is 0 Å². The van der Waals surface area contributed by atoms with Crippen molar-refractivity contribution in [1.29, 1.82) is 0 Å². The molecule has 3 nitrogen and oxygen atoms in total. The van der Waals surface area contributed by atoms with Gasteiger partial charge in [-0.05, 0) is 19.8 Å². The van der Waals surface area contributed by atoms with Gasteiger partial charge in [0.25, 0.3) is 0 Å². The fourth-order valence-electron chi connectivity index (χ4n) is 0.533. The summed E-state index contributed by atoms with van der Waals surface area (Å²) in [4.78, 5) is 10.1. The molecule has 0 heterocycles. The van der Waals surface area contributed by atoms with Crippen LogP contribution < -0.4 is 5.73 Å². The Morgan fingerprint density at radius 2 is 2.20 bits per heavy atom. The number of carboxylic acid groups (broad SMARTS) is 1. The summed E-state index contributed by atoms with van der Waals surface area (Å²) in [6, 6.07) is -0.763. The first kappa shape index (κ1) is 9.72. The Labute approximate surface area is 65.2 Å². The van der Waals surface area contributed by atoms with Crippen LogP contribution in [-0.2, 0) is 4.79 Å². The summed E-state index contributed by atoms with van der Waals surface area (Å²) in [5.41, 5.74) is 5.21. The SMILES string of the molecule is CC(Cl)CCC(N)C(=O)O. The maximum atomic E-state index is 10.1. The number of carboxylic acids is 1. The fourth-order valence-corrected chi connectivity index (χ4v) is 0.659. The van der Waals surface area contributed by atoms with Gasteiger partial charge in [-0.15, -0.1) is 11.6 Å². The Kier molecular flexibility index (Phi) is 4.40. The van der Waals surface area contributed by atoms with E-state index in [1.807, 2.05) is 6.92 Å². The van der Waals surface area contributed by atoms with E-state index in [0.717, 1.165) is 0 Å². The summed E-state index contributed by atoms with van der Waals surface area (Å²) in [5, 5.41) is 8.33. The van der Waals surface area contributed by atoms with Gasteiger partial charge in [-0.1, -0.05) is 0 Å². The molecule has 0 aliphatic heterocycles. The Morgan fingerprint density at radius 3 is 2.50 bits per heavy atom. The van der Waals surface area contributed by atoms with E-state index in [-0.39, 0.29) is 5.38 Å². The minimum Gasteiger partial charge on any atom is -0.480 e. The van der Waals surface area contributed by atoms with Crippen molar-refractivity contribution in [3.05, 3.63) is 0 Å². The second-order valence-electron chi connectivity index (χ2n) is 2.30. The Morgan fingerprint density at radius 1 is 1.70 bits per heavy atom. The number of carbonyl (C=O) groups is 1. The second kappa shape index (κ2) is 4.52. The minimum atomic E-state index is -0.961. The highest BCUT2D eigenvalue weighted by atomic mass is 35.5. The molecule has 0 radical (unpaired) electrons. The van der Waals surface area contributed by atoms with E-state index in [1.54, 1.807) is 0 Å². The first-order valence-electron chi connectivity index (χ1n) is 3.16. The molecule has 0 rings (SSSR count). The van der Waals surface area contributed by atoms with Gasteiger partial charge in [-0.3, -0.25) is 4.79 Å². The smallest absolute Gasteiger partial charge is 0.320 e. The third kappa shape index (κ3) is 4.58. The van der Waals surface area contributed by atoms with Crippen LogP contribution in [0.1, 0.15) is 19.8 Å². The van der Waals surface area contributed by atoms with Gasteiger partial charge in [0.2, 0.25) is 0 Å². The number of hydrogen-bond donors (Lipinski definition) is 2. The highest BCUT2D eigenvalue weighted by Gasteiger charge is 2.11. The van der Waals surface area contributed by atoms with Gasteiger partial charge in [0.15, 0.2) is 0 Å². The number of alkyl halides is 1. The molecule has 0 aliphatic rings. The number of halogens is 1. The lowest BCUT2D eigenvalue weighted by molar-refractivity contribution is -0.138. The molecule has 0 aromatic carbocycles. The van der Waals surface area contributed by atoms with E-state index in [4.69, 9.17) is 22.4 Å². The Balaban J connectivity index is 3.40. The molecular weight excluding hydrogens is 154 g/mol. The van der Waals surface area contributed by atoms with E-state index in [1.165, 1.54) is 0 Å². The van der Waals surface area contributed by atoms with Gasteiger partial charge in [-0.25, -0.2) is 0 Å². The van der Waals surface area contributed by atoms with Gasteiger partial charge < -0.3 is 10.8 Å². The molecule has 2 unspecified atom stereocenters. The van der Waals surface area contributed by atoms with Crippen LogP contribution in [-0.4, -0.2) is 22.5 Å². The summed E-state index contributed by atoms with van der Waals surface area (Å²) in [6.45, 7) is 1.82. The molecule has 0 amide bonds. The molecule has 0 bridgehead atoms. The molecular formula is C6H12ClNO2. The monoisotopic (exact) mass is 165 g/mol. The maximum absolute atomic E-state index is 10.1. The van der Waals surface area contributed by atoms with E-state index in [0.29, 0.717) is 12.8 Å². The normalized spacial score (nSPS) is 16.3. The standard InChI is InChI=1S/C6H12ClNO2/c1-4(7)2-3-5(8)6(9)10/h4-5H,2-3,8H2,1H3,(H,9,10). The molecule has 10 heavy (non-hydrogen) atoms. The summed E-state index contributed by atoms with van der Waals surface area (Å²) in [5.74, 6) is -0.961. The topological polar surface area (TPSA) is 63.3 Å². The van der Waals surface area contributed by atoms with Crippen molar-refractivity contribution in [1.82, 2.24) is 0 Å². The first-order chi connectivity index (χ1) is 4.54. The van der Waals surface area contributed by atoms with Crippen LogP contribution in [0.4, 0.5) is 0 Å². The van der Waals surface area contributed by atoms with Crippen LogP contribution in [0, 0.1) is 0 Å². The van der Waals surface area contributed by atoms with Crippen molar-refractivity contribution in [2.75, 3.05) is 0 Å². The number of hydrogen-bond acceptors (Lipinski definition) is 2. The zero-order valence-electron chi connectivity index (χ0n) is 5.88. The zero-order valence-corrected chi connectivity index (χ0v) is 6.64. The molecule has 3 N–H and O–H groups in total. The number of nitrogens with two attached hydrogens (primary N) is 1. The van der Waals surface area contributed by atoms with Gasteiger partial charge >= 0.3 is 5.97 Å². The third-order valence-corrected chi connectivity index (χ3v) is 1.41.